The number of aromatic amines is 1. The SMILES string of the molecule is O=C(NCC#Cc1ccc2[nH]c3c(c2c1)CCCC3=O)OCc1ccccc1. The zero-order valence-electron chi connectivity index (χ0n) is 15.4. The topological polar surface area (TPSA) is 71.2 Å². The molecule has 140 valence electrons. The molecule has 1 aliphatic rings. The number of nitrogens with one attached hydrogen (secondary N) is 2. The van der Waals surface area contributed by atoms with Crippen LogP contribution in [0.25, 0.3) is 10.9 Å². The highest BCUT2D eigenvalue weighted by Gasteiger charge is 2.21. The molecule has 1 aliphatic carbocycles. The summed E-state index contributed by atoms with van der Waals surface area (Å²) in [5.41, 5.74) is 4.59. The van der Waals surface area contributed by atoms with E-state index in [0.717, 1.165) is 46.1 Å². The van der Waals surface area contributed by atoms with Crippen LogP contribution in [0.5, 0.6) is 0 Å². The van der Waals surface area contributed by atoms with Crippen molar-refractivity contribution in [2.75, 3.05) is 6.54 Å². The van der Waals surface area contributed by atoms with E-state index in [1.54, 1.807) is 0 Å². The van der Waals surface area contributed by atoms with Crippen molar-refractivity contribution in [3.63, 3.8) is 0 Å². The third-order valence-electron chi connectivity index (χ3n) is 4.78. The highest BCUT2D eigenvalue weighted by Crippen LogP contribution is 2.29. The molecule has 0 saturated carbocycles. The van der Waals surface area contributed by atoms with Crippen LogP contribution in [-0.4, -0.2) is 23.4 Å². The lowest BCUT2D eigenvalue weighted by atomic mass is 9.94. The number of hydrogen-bond acceptors (Lipinski definition) is 3. The minimum Gasteiger partial charge on any atom is -0.445 e. The van der Waals surface area contributed by atoms with Gasteiger partial charge in [-0.3, -0.25) is 4.79 Å². The zero-order valence-corrected chi connectivity index (χ0v) is 15.4. The summed E-state index contributed by atoms with van der Waals surface area (Å²) in [4.78, 5) is 27.0. The molecule has 0 radical (unpaired) electrons. The molecule has 1 amide bonds. The van der Waals surface area contributed by atoms with Gasteiger partial charge in [-0.15, -0.1) is 0 Å². The fraction of sp³-hybridized carbons (Fsp3) is 0.217. The van der Waals surface area contributed by atoms with E-state index >= 15 is 0 Å². The van der Waals surface area contributed by atoms with Gasteiger partial charge >= 0.3 is 6.09 Å². The quantitative estimate of drug-likeness (QED) is 0.684. The molecule has 0 bridgehead atoms. The highest BCUT2D eigenvalue weighted by atomic mass is 16.5. The Balaban J connectivity index is 1.36. The fourth-order valence-corrected chi connectivity index (χ4v) is 3.41. The summed E-state index contributed by atoms with van der Waals surface area (Å²) in [5, 5.41) is 3.69. The Morgan fingerprint density at radius 3 is 2.86 bits per heavy atom. The Hall–Kier alpha value is -3.52. The second kappa shape index (κ2) is 8.01. The molecule has 0 atom stereocenters. The van der Waals surface area contributed by atoms with E-state index in [4.69, 9.17) is 4.74 Å². The molecule has 1 heterocycles. The summed E-state index contributed by atoms with van der Waals surface area (Å²) < 4.78 is 5.15. The normalized spacial score (nSPS) is 12.8. The Morgan fingerprint density at radius 1 is 1.14 bits per heavy atom. The van der Waals surface area contributed by atoms with Crippen LogP contribution in [0, 0.1) is 11.8 Å². The van der Waals surface area contributed by atoms with Crippen LogP contribution in [0.3, 0.4) is 0 Å². The number of fused-ring (bicyclic) bond motifs is 3. The van der Waals surface area contributed by atoms with Gasteiger partial charge < -0.3 is 15.0 Å². The van der Waals surface area contributed by atoms with Gasteiger partial charge in [0.1, 0.15) is 6.61 Å². The van der Waals surface area contributed by atoms with Crippen LogP contribution in [0.2, 0.25) is 0 Å². The number of carbonyl (C=O) groups excluding carboxylic acids is 2. The molecule has 0 aliphatic heterocycles. The lowest BCUT2D eigenvalue weighted by Gasteiger charge is -2.09. The molecule has 28 heavy (non-hydrogen) atoms. The number of benzene rings is 2. The predicted molar refractivity (Wildman–Crippen MR) is 107 cm³/mol. The van der Waals surface area contributed by atoms with E-state index in [1.807, 2.05) is 48.5 Å². The van der Waals surface area contributed by atoms with Crippen molar-refractivity contribution in [2.45, 2.75) is 25.9 Å². The van der Waals surface area contributed by atoms with E-state index in [2.05, 4.69) is 22.1 Å². The summed E-state index contributed by atoms with van der Waals surface area (Å²) >= 11 is 0. The van der Waals surface area contributed by atoms with Gasteiger partial charge in [0.15, 0.2) is 5.78 Å². The van der Waals surface area contributed by atoms with Crippen molar-refractivity contribution < 1.29 is 14.3 Å². The third-order valence-corrected chi connectivity index (χ3v) is 4.78. The summed E-state index contributed by atoms with van der Waals surface area (Å²) in [6.45, 7) is 0.434. The van der Waals surface area contributed by atoms with Crippen LogP contribution in [0.1, 0.15) is 40.0 Å². The molecule has 5 heteroatoms. The molecule has 2 N–H and O–H groups in total. The first-order valence-electron chi connectivity index (χ1n) is 9.32. The molecule has 2 aromatic carbocycles. The van der Waals surface area contributed by atoms with Crippen molar-refractivity contribution in [1.82, 2.24) is 10.3 Å². The van der Waals surface area contributed by atoms with Crippen LogP contribution < -0.4 is 5.32 Å². The van der Waals surface area contributed by atoms with Gasteiger partial charge in [0, 0.05) is 22.9 Å². The molecular weight excluding hydrogens is 352 g/mol. The number of carbonyl (C=O) groups is 2. The minimum atomic E-state index is -0.494. The third kappa shape index (κ3) is 3.91. The summed E-state index contributed by atoms with van der Waals surface area (Å²) in [6.07, 6.45) is 1.92. The summed E-state index contributed by atoms with van der Waals surface area (Å²) in [6, 6.07) is 15.4. The van der Waals surface area contributed by atoms with Gasteiger partial charge in [0.25, 0.3) is 0 Å². The molecule has 0 unspecified atom stereocenters. The number of hydrogen-bond donors (Lipinski definition) is 2. The monoisotopic (exact) mass is 372 g/mol. The first-order chi connectivity index (χ1) is 13.7. The second-order valence-corrected chi connectivity index (χ2v) is 6.73. The van der Waals surface area contributed by atoms with Crippen molar-refractivity contribution >= 4 is 22.8 Å². The van der Waals surface area contributed by atoms with Crippen molar-refractivity contribution in [1.29, 1.82) is 0 Å². The molecule has 5 nitrogen and oxygen atoms in total. The van der Waals surface area contributed by atoms with Crippen LogP contribution >= 0.6 is 0 Å². The number of alkyl carbamates (subject to hydrolysis) is 1. The number of ether oxygens (including phenoxy) is 1. The molecule has 0 saturated heterocycles. The van der Waals surface area contributed by atoms with Gasteiger partial charge in [-0.25, -0.2) is 4.79 Å². The minimum absolute atomic E-state index is 0.184. The number of Topliss-reactive ketones (excluding diaryl/α,β-unsaturated/α-hetero) is 1. The Labute approximate surface area is 163 Å². The maximum absolute atomic E-state index is 12.0. The van der Waals surface area contributed by atoms with Gasteiger partial charge in [-0.1, -0.05) is 42.2 Å². The Kier molecular flexibility index (Phi) is 5.11. The molecule has 3 aromatic rings. The number of H-pyrrole nitrogens is 1. The number of rotatable bonds is 3. The van der Waals surface area contributed by atoms with Gasteiger partial charge in [0.2, 0.25) is 0 Å². The lowest BCUT2D eigenvalue weighted by molar-refractivity contribution is 0.0968. The molecular formula is C23H20N2O3. The summed E-state index contributed by atoms with van der Waals surface area (Å²) in [5.74, 6) is 6.18. The number of aromatic nitrogens is 1. The highest BCUT2D eigenvalue weighted by molar-refractivity contribution is 6.03. The van der Waals surface area contributed by atoms with Gasteiger partial charge in [-0.05, 0) is 42.2 Å². The largest absolute Gasteiger partial charge is 0.445 e. The first kappa shape index (κ1) is 17.9. The predicted octanol–water partition coefficient (Wildman–Crippen LogP) is 3.96. The smallest absolute Gasteiger partial charge is 0.408 e. The van der Waals surface area contributed by atoms with E-state index < -0.39 is 6.09 Å². The van der Waals surface area contributed by atoms with E-state index in [-0.39, 0.29) is 18.9 Å². The first-order valence-corrected chi connectivity index (χ1v) is 9.32. The van der Waals surface area contributed by atoms with Crippen LogP contribution in [-0.2, 0) is 17.8 Å². The number of aryl methyl sites for hydroxylation is 1. The molecule has 1 aromatic heterocycles. The average molecular weight is 372 g/mol. The number of amides is 1. The zero-order chi connectivity index (χ0) is 19.3. The van der Waals surface area contributed by atoms with Crippen LogP contribution in [0.4, 0.5) is 4.79 Å². The Morgan fingerprint density at radius 2 is 2.00 bits per heavy atom. The second-order valence-electron chi connectivity index (χ2n) is 6.73. The Bertz CT molecular complexity index is 1090. The van der Waals surface area contributed by atoms with Crippen molar-refractivity contribution in [3.8, 4) is 11.8 Å². The van der Waals surface area contributed by atoms with Crippen molar-refractivity contribution in [2.24, 2.45) is 0 Å². The molecule has 4 rings (SSSR count). The summed E-state index contributed by atoms with van der Waals surface area (Å²) in [7, 11) is 0. The average Bonchev–Trinajstić information content (AvgIpc) is 3.10. The number of ketones is 1. The van der Waals surface area contributed by atoms with E-state index in [9.17, 15) is 9.59 Å². The molecule has 0 fully saturated rings. The van der Waals surface area contributed by atoms with Crippen LogP contribution in [0.15, 0.2) is 48.5 Å². The maximum atomic E-state index is 12.0. The lowest BCUT2D eigenvalue weighted by Crippen LogP contribution is -2.24. The van der Waals surface area contributed by atoms with E-state index in [0.29, 0.717) is 6.42 Å². The fourth-order valence-electron chi connectivity index (χ4n) is 3.41. The van der Waals surface area contributed by atoms with Gasteiger partial charge in [-0.2, -0.15) is 0 Å². The van der Waals surface area contributed by atoms with Crippen molar-refractivity contribution in [3.05, 3.63) is 70.9 Å². The van der Waals surface area contributed by atoms with E-state index in [1.165, 1.54) is 0 Å². The maximum Gasteiger partial charge on any atom is 0.408 e. The standard InChI is InChI=1S/C23H20N2O3/c26-21-10-4-9-18-19-14-16(11-12-20(19)25-22(18)21)8-5-13-24-23(27)28-15-17-6-2-1-3-7-17/h1-3,6-7,11-12,14,25H,4,9-10,13,15H2,(H,24,27). The van der Waals surface area contributed by atoms with Gasteiger partial charge in [0.05, 0.1) is 12.2 Å². The molecule has 0 spiro atoms.